The molecular weight excluding hydrogens is 488 g/mol. The van der Waals surface area contributed by atoms with Gasteiger partial charge in [0.05, 0.1) is 28.9 Å². The maximum atomic E-state index is 12.5. The zero-order valence-electron chi connectivity index (χ0n) is 17.7. The largest absolute Gasteiger partial charge is 0.450 e. The first-order valence-corrected chi connectivity index (χ1v) is 12.3. The van der Waals surface area contributed by atoms with Gasteiger partial charge in [-0.25, -0.2) is 19.6 Å². The number of nitrogens with one attached hydrogen (secondary N) is 2. The molecule has 1 aromatic carbocycles. The van der Waals surface area contributed by atoms with E-state index < -0.39 is 0 Å². The third kappa shape index (κ3) is 5.89. The molecule has 1 saturated heterocycles. The second-order valence-electron chi connectivity index (χ2n) is 7.10. The summed E-state index contributed by atoms with van der Waals surface area (Å²) in [5.74, 6) is -0.251. The highest BCUT2D eigenvalue weighted by atomic mass is 35.5. The van der Waals surface area contributed by atoms with Crippen molar-refractivity contribution in [1.29, 1.82) is 0 Å². The normalized spacial score (nSPS) is 13.8. The lowest BCUT2D eigenvalue weighted by atomic mass is 10.3. The molecule has 0 bridgehead atoms. The third-order valence-electron chi connectivity index (χ3n) is 4.80. The van der Waals surface area contributed by atoms with Crippen molar-refractivity contribution >= 4 is 72.8 Å². The predicted octanol–water partition coefficient (Wildman–Crippen LogP) is 3.89. The van der Waals surface area contributed by atoms with Gasteiger partial charge in [0, 0.05) is 36.6 Å². The fourth-order valence-corrected chi connectivity index (χ4v) is 5.06. The molecule has 0 unspecified atom stereocenters. The van der Waals surface area contributed by atoms with Crippen molar-refractivity contribution in [2.24, 2.45) is 0 Å². The minimum absolute atomic E-state index is 0.0568. The van der Waals surface area contributed by atoms with E-state index in [2.05, 4.69) is 20.6 Å². The van der Waals surface area contributed by atoms with E-state index in [9.17, 15) is 14.4 Å². The van der Waals surface area contributed by atoms with Crippen LogP contribution in [0.25, 0.3) is 10.2 Å². The number of rotatable bonds is 5. The number of hydrogen-bond donors (Lipinski definition) is 2. The van der Waals surface area contributed by atoms with Crippen molar-refractivity contribution in [3.8, 4) is 0 Å². The maximum absolute atomic E-state index is 12.5. The molecule has 1 aliphatic heterocycles. The summed E-state index contributed by atoms with van der Waals surface area (Å²) in [6.45, 7) is 3.70. The number of ether oxygens (including phenoxy) is 1. The Morgan fingerprint density at radius 3 is 2.61 bits per heavy atom. The van der Waals surface area contributed by atoms with Gasteiger partial charge >= 0.3 is 12.1 Å². The number of anilines is 2. The summed E-state index contributed by atoms with van der Waals surface area (Å²) in [5.41, 5.74) is 1.31. The number of halogens is 1. The summed E-state index contributed by atoms with van der Waals surface area (Å²) >= 11 is 8.58. The van der Waals surface area contributed by atoms with Crippen LogP contribution in [-0.4, -0.2) is 70.6 Å². The number of thiazole rings is 2. The van der Waals surface area contributed by atoms with E-state index in [-0.39, 0.29) is 24.5 Å². The molecule has 174 valence electrons. The Balaban J connectivity index is 1.26. The maximum Gasteiger partial charge on any atom is 0.409 e. The van der Waals surface area contributed by atoms with Crippen LogP contribution in [-0.2, 0) is 16.0 Å². The average molecular weight is 509 g/mol. The number of piperazine rings is 1. The predicted molar refractivity (Wildman–Crippen MR) is 128 cm³/mol. The average Bonchev–Trinajstić information content (AvgIpc) is 3.39. The molecule has 13 heteroatoms. The van der Waals surface area contributed by atoms with Crippen molar-refractivity contribution in [2.75, 3.05) is 43.4 Å². The first kappa shape index (κ1) is 23.2. The molecule has 3 aromatic rings. The molecule has 0 radical (unpaired) electrons. The van der Waals surface area contributed by atoms with Gasteiger partial charge in [-0.05, 0) is 25.1 Å². The molecule has 0 aliphatic carbocycles. The Morgan fingerprint density at radius 2 is 1.85 bits per heavy atom. The number of benzene rings is 1. The topological polar surface area (TPSA) is 117 Å². The van der Waals surface area contributed by atoms with Crippen LogP contribution in [0.4, 0.5) is 19.9 Å². The minimum Gasteiger partial charge on any atom is -0.450 e. The van der Waals surface area contributed by atoms with E-state index in [1.54, 1.807) is 40.3 Å². The zero-order valence-corrected chi connectivity index (χ0v) is 20.1. The van der Waals surface area contributed by atoms with Crippen LogP contribution in [0.1, 0.15) is 12.6 Å². The molecule has 10 nitrogen and oxygen atoms in total. The molecule has 0 saturated carbocycles. The van der Waals surface area contributed by atoms with Crippen molar-refractivity contribution in [1.82, 2.24) is 19.8 Å². The van der Waals surface area contributed by atoms with Gasteiger partial charge in [-0.3, -0.25) is 10.1 Å². The first-order valence-electron chi connectivity index (χ1n) is 10.2. The van der Waals surface area contributed by atoms with Gasteiger partial charge in [0.25, 0.3) is 0 Å². The molecule has 3 heterocycles. The number of amides is 4. The highest BCUT2D eigenvalue weighted by Gasteiger charge is 2.25. The molecule has 33 heavy (non-hydrogen) atoms. The molecule has 2 N–H and O–H groups in total. The fraction of sp³-hybridized carbons (Fsp3) is 0.350. The molecule has 0 atom stereocenters. The molecule has 4 amide bonds. The lowest BCUT2D eigenvalue weighted by Gasteiger charge is -2.33. The van der Waals surface area contributed by atoms with Gasteiger partial charge in [0.1, 0.15) is 0 Å². The summed E-state index contributed by atoms with van der Waals surface area (Å²) in [4.78, 5) is 48.6. The van der Waals surface area contributed by atoms with Gasteiger partial charge in [0.2, 0.25) is 5.91 Å². The molecule has 1 fully saturated rings. The zero-order chi connectivity index (χ0) is 23.4. The number of urea groups is 1. The summed E-state index contributed by atoms with van der Waals surface area (Å²) in [7, 11) is 0. The highest BCUT2D eigenvalue weighted by Crippen LogP contribution is 2.28. The second-order valence-corrected chi connectivity index (χ2v) is 9.43. The second kappa shape index (κ2) is 10.3. The first-order chi connectivity index (χ1) is 15.9. The molecular formula is C20H21ClN6O4S2. The van der Waals surface area contributed by atoms with E-state index in [0.717, 1.165) is 10.2 Å². The monoisotopic (exact) mass is 508 g/mol. The quantitative estimate of drug-likeness (QED) is 0.540. The van der Waals surface area contributed by atoms with Crippen molar-refractivity contribution in [3.63, 3.8) is 0 Å². The highest BCUT2D eigenvalue weighted by molar-refractivity contribution is 7.22. The third-order valence-corrected chi connectivity index (χ3v) is 6.77. The van der Waals surface area contributed by atoms with Crippen molar-refractivity contribution in [2.45, 2.75) is 13.3 Å². The smallest absolute Gasteiger partial charge is 0.409 e. The number of hydrogen-bond acceptors (Lipinski definition) is 8. The van der Waals surface area contributed by atoms with Gasteiger partial charge in [0.15, 0.2) is 10.3 Å². The number of carbonyl (C=O) groups is 3. The number of carbonyl (C=O) groups excluding carboxylic acids is 3. The number of fused-ring (bicyclic) bond motifs is 1. The summed E-state index contributed by atoms with van der Waals surface area (Å²) < 4.78 is 5.87. The van der Waals surface area contributed by atoms with Crippen molar-refractivity contribution < 1.29 is 19.1 Å². The van der Waals surface area contributed by atoms with E-state index in [0.29, 0.717) is 53.8 Å². The standard InChI is InChI=1S/C20H21ClN6O4S2/c1-2-31-20(30)27-7-5-26(6-8-27)19(29)25-17-22-13(11-32-17)10-16(28)24-18-23-14-4-3-12(21)9-15(14)33-18/h3-4,9,11H,2,5-8,10H2,1H3,(H,22,25,29)(H,23,24,28). The van der Waals surface area contributed by atoms with Crippen LogP contribution in [0.15, 0.2) is 23.6 Å². The Labute approximate surface area is 202 Å². The van der Waals surface area contributed by atoms with E-state index in [1.165, 1.54) is 22.7 Å². The van der Waals surface area contributed by atoms with Crippen molar-refractivity contribution in [3.05, 3.63) is 34.3 Å². The Hall–Kier alpha value is -2.96. The molecule has 0 spiro atoms. The molecule has 1 aliphatic rings. The molecule has 4 rings (SSSR count). The van der Waals surface area contributed by atoms with Gasteiger partial charge in [-0.1, -0.05) is 22.9 Å². The molecule has 2 aromatic heterocycles. The SMILES string of the molecule is CCOC(=O)N1CCN(C(=O)Nc2nc(CC(=O)Nc3nc4ccc(Cl)cc4s3)cs2)CC1. The van der Waals surface area contributed by atoms with Gasteiger partial charge in [-0.15, -0.1) is 11.3 Å². The number of aromatic nitrogens is 2. The van der Waals surface area contributed by atoms with E-state index >= 15 is 0 Å². The summed E-state index contributed by atoms with van der Waals surface area (Å²) in [6.07, 6.45) is -0.309. The Morgan fingerprint density at radius 1 is 1.09 bits per heavy atom. The lowest BCUT2D eigenvalue weighted by molar-refractivity contribution is -0.115. The van der Waals surface area contributed by atoms with Crippen LogP contribution in [0.5, 0.6) is 0 Å². The minimum atomic E-state index is -0.366. The fourth-order valence-electron chi connectivity index (χ4n) is 3.20. The van der Waals surface area contributed by atoms with Crippen LogP contribution < -0.4 is 10.6 Å². The van der Waals surface area contributed by atoms with Crippen LogP contribution in [0.2, 0.25) is 5.02 Å². The van der Waals surface area contributed by atoms with Crippen LogP contribution >= 0.6 is 34.3 Å². The summed E-state index contributed by atoms with van der Waals surface area (Å²) in [6, 6.07) is 5.06. The van der Waals surface area contributed by atoms with Gasteiger partial charge in [-0.2, -0.15) is 0 Å². The number of nitrogens with zero attached hydrogens (tertiary/aromatic N) is 4. The Bertz CT molecular complexity index is 1170. The lowest BCUT2D eigenvalue weighted by Crippen LogP contribution is -2.51. The van der Waals surface area contributed by atoms with Crippen LogP contribution in [0, 0.1) is 0 Å². The summed E-state index contributed by atoms with van der Waals surface area (Å²) in [5, 5.41) is 8.77. The van der Waals surface area contributed by atoms with Crippen LogP contribution in [0.3, 0.4) is 0 Å². The van der Waals surface area contributed by atoms with E-state index in [4.69, 9.17) is 16.3 Å². The Kier molecular flexibility index (Phi) is 7.26. The van der Waals surface area contributed by atoms with E-state index in [1.807, 2.05) is 0 Å². The van der Waals surface area contributed by atoms with Gasteiger partial charge < -0.3 is 19.9 Å².